The van der Waals surface area contributed by atoms with Crippen LogP contribution >= 0.6 is 0 Å². The molecule has 0 amide bonds. The fourth-order valence-electron chi connectivity index (χ4n) is 3.38. The zero-order valence-corrected chi connectivity index (χ0v) is 16.2. The molecule has 27 heavy (non-hydrogen) atoms. The third-order valence-electron chi connectivity index (χ3n) is 5.11. The molecule has 1 unspecified atom stereocenters. The standard InChI is InChI=1S/C21H34O6/c1-2-3-4-5-6-7-8-9-15-10-12-16(13-11-15)26-20-19(24)18(23)17(14-22)27-21(20)25/h10-13,17-25H,2-9,14H2,1H3/t17-,18-,19+,20-,21?/m1/s1. The van der Waals surface area contributed by atoms with E-state index >= 15 is 0 Å². The van der Waals surface area contributed by atoms with Crippen LogP contribution in [0, 0.1) is 0 Å². The molecule has 1 heterocycles. The number of aliphatic hydroxyl groups excluding tert-OH is 4. The Morgan fingerprint density at radius 3 is 2.15 bits per heavy atom. The Balaban J connectivity index is 1.76. The van der Waals surface area contributed by atoms with E-state index in [1.807, 2.05) is 12.1 Å². The first-order chi connectivity index (χ1) is 13.1. The van der Waals surface area contributed by atoms with Crippen molar-refractivity contribution in [2.24, 2.45) is 0 Å². The summed E-state index contributed by atoms with van der Waals surface area (Å²) in [5.74, 6) is 0.486. The molecule has 1 aromatic carbocycles. The first-order valence-electron chi connectivity index (χ1n) is 10.1. The van der Waals surface area contributed by atoms with E-state index in [4.69, 9.17) is 14.6 Å². The van der Waals surface area contributed by atoms with Crippen LogP contribution in [0.15, 0.2) is 24.3 Å². The Labute approximate surface area is 161 Å². The number of rotatable bonds is 11. The van der Waals surface area contributed by atoms with Gasteiger partial charge < -0.3 is 29.9 Å². The Morgan fingerprint density at radius 1 is 0.889 bits per heavy atom. The fraction of sp³-hybridized carbons (Fsp3) is 0.714. The van der Waals surface area contributed by atoms with Gasteiger partial charge in [-0.2, -0.15) is 0 Å². The van der Waals surface area contributed by atoms with Crippen molar-refractivity contribution in [2.45, 2.75) is 89.0 Å². The van der Waals surface area contributed by atoms with Crippen molar-refractivity contribution >= 4 is 0 Å². The zero-order chi connectivity index (χ0) is 19.6. The monoisotopic (exact) mass is 382 g/mol. The lowest BCUT2D eigenvalue weighted by Crippen LogP contribution is -2.60. The minimum Gasteiger partial charge on any atom is -0.482 e. The third kappa shape index (κ3) is 6.73. The summed E-state index contributed by atoms with van der Waals surface area (Å²) in [7, 11) is 0. The van der Waals surface area contributed by atoms with E-state index in [0.29, 0.717) is 5.75 Å². The summed E-state index contributed by atoms with van der Waals surface area (Å²) in [4.78, 5) is 0. The van der Waals surface area contributed by atoms with Crippen molar-refractivity contribution in [1.82, 2.24) is 0 Å². The molecule has 5 atom stereocenters. The van der Waals surface area contributed by atoms with E-state index < -0.39 is 37.3 Å². The summed E-state index contributed by atoms with van der Waals surface area (Å²) >= 11 is 0. The summed E-state index contributed by atoms with van der Waals surface area (Å²) in [5.41, 5.74) is 1.22. The molecule has 0 bridgehead atoms. The van der Waals surface area contributed by atoms with Crippen LogP contribution in [0.3, 0.4) is 0 Å². The average Bonchev–Trinajstić information content (AvgIpc) is 2.68. The van der Waals surface area contributed by atoms with Gasteiger partial charge in [-0.15, -0.1) is 0 Å². The van der Waals surface area contributed by atoms with Crippen LogP contribution in [0.25, 0.3) is 0 Å². The molecular weight excluding hydrogens is 348 g/mol. The molecule has 1 aromatic rings. The summed E-state index contributed by atoms with van der Waals surface area (Å²) in [6, 6.07) is 7.53. The van der Waals surface area contributed by atoms with Crippen LogP contribution in [0.1, 0.15) is 57.4 Å². The van der Waals surface area contributed by atoms with Crippen molar-refractivity contribution in [3.63, 3.8) is 0 Å². The summed E-state index contributed by atoms with van der Waals surface area (Å²) in [6.07, 6.45) is 3.72. The van der Waals surface area contributed by atoms with E-state index in [-0.39, 0.29) is 0 Å². The highest BCUT2D eigenvalue weighted by Crippen LogP contribution is 2.25. The third-order valence-corrected chi connectivity index (χ3v) is 5.11. The molecule has 1 fully saturated rings. The molecule has 1 aliphatic rings. The second kappa shape index (κ2) is 11.6. The predicted octanol–water partition coefficient (Wildman–Crippen LogP) is 2.16. The molecule has 0 spiro atoms. The van der Waals surface area contributed by atoms with Gasteiger partial charge in [0.2, 0.25) is 0 Å². The molecule has 0 radical (unpaired) electrons. The molecule has 6 nitrogen and oxygen atoms in total. The van der Waals surface area contributed by atoms with Gasteiger partial charge in [0, 0.05) is 0 Å². The Hall–Kier alpha value is -1.18. The lowest BCUT2D eigenvalue weighted by atomic mass is 9.99. The van der Waals surface area contributed by atoms with E-state index in [0.717, 1.165) is 12.8 Å². The second-order valence-corrected chi connectivity index (χ2v) is 7.33. The largest absolute Gasteiger partial charge is 0.482 e. The van der Waals surface area contributed by atoms with Crippen molar-refractivity contribution < 1.29 is 29.9 Å². The highest BCUT2D eigenvalue weighted by Gasteiger charge is 2.45. The van der Waals surface area contributed by atoms with Crippen molar-refractivity contribution in [3.05, 3.63) is 29.8 Å². The van der Waals surface area contributed by atoms with Gasteiger partial charge in [0.15, 0.2) is 12.4 Å². The predicted molar refractivity (Wildman–Crippen MR) is 103 cm³/mol. The van der Waals surface area contributed by atoms with Crippen LogP contribution in [0.4, 0.5) is 0 Å². The molecule has 1 aliphatic heterocycles. The van der Waals surface area contributed by atoms with Crippen LogP contribution in [-0.2, 0) is 11.2 Å². The number of benzene rings is 1. The SMILES string of the molecule is CCCCCCCCCc1ccc(O[C@H]2C(O)O[C@H](CO)[C@@H](O)[C@@H]2O)cc1. The summed E-state index contributed by atoms with van der Waals surface area (Å²) < 4.78 is 10.7. The van der Waals surface area contributed by atoms with Crippen LogP contribution in [-0.4, -0.2) is 57.7 Å². The summed E-state index contributed by atoms with van der Waals surface area (Å²) in [6.45, 7) is 1.74. The molecule has 0 saturated carbocycles. The van der Waals surface area contributed by atoms with E-state index in [2.05, 4.69) is 6.92 Å². The maximum absolute atomic E-state index is 10.1. The smallest absolute Gasteiger partial charge is 0.195 e. The maximum Gasteiger partial charge on any atom is 0.195 e. The topological polar surface area (TPSA) is 99.4 Å². The Kier molecular flexibility index (Phi) is 9.51. The van der Waals surface area contributed by atoms with Gasteiger partial charge in [0.1, 0.15) is 24.1 Å². The number of unbranched alkanes of at least 4 members (excludes halogenated alkanes) is 6. The normalized spacial score (nSPS) is 28.3. The molecule has 0 aliphatic carbocycles. The van der Waals surface area contributed by atoms with Gasteiger partial charge in [-0.25, -0.2) is 0 Å². The first kappa shape index (κ1) is 22.1. The number of aliphatic hydroxyl groups is 4. The average molecular weight is 382 g/mol. The molecular formula is C21H34O6. The van der Waals surface area contributed by atoms with Crippen molar-refractivity contribution in [1.29, 1.82) is 0 Å². The summed E-state index contributed by atoms with van der Waals surface area (Å²) in [5, 5.41) is 39.1. The van der Waals surface area contributed by atoms with E-state index in [1.54, 1.807) is 12.1 Å². The highest BCUT2D eigenvalue weighted by molar-refractivity contribution is 5.27. The number of ether oxygens (including phenoxy) is 2. The van der Waals surface area contributed by atoms with Gasteiger partial charge in [0.25, 0.3) is 0 Å². The van der Waals surface area contributed by atoms with Crippen molar-refractivity contribution in [2.75, 3.05) is 6.61 Å². The highest BCUT2D eigenvalue weighted by atomic mass is 16.7. The minimum absolute atomic E-state index is 0.486. The van der Waals surface area contributed by atoms with Crippen LogP contribution in [0.2, 0.25) is 0 Å². The zero-order valence-electron chi connectivity index (χ0n) is 16.2. The number of hydrogen-bond donors (Lipinski definition) is 4. The first-order valence-corrected chi connectivity index (χ1v) is 10.1. The van der Waals surface area contributed by atoms with Gasteiger partial charge in [-0.1, -0.05) is 57.6 Å². The van der Waals surface area contributed by atoms with Crippen LogP contribution < -0.4 is 4.74 Å². The maximum atomic E-state index is 10.1. The Bertz CT molecular complexity index is 520. The quantitative estimate of drug-likeness (QED) is 0.438. The van der Waals surface area contributed by atoms with Gasteiger partial charge in [0.05, 0.1) is 6.61 Å². The molecule has 2 rings (SSSR count). The molecule has 1 saturated heterocycles. The van der Waals surface area contributed by atoms with Gasteiger partial charge in [-0.3, -0.25) is 0 Å². The number of hydrogen-bond acceptors (Lipinski definition) is 6. The van der Waals surface area contributed by atoms with Gasteiger partial charge >= 0.3 is 0 Å². The second-order valence-electron chi connectivity index (χ2n) is 7.33. The molecule has 154 valence electrons. The molecule has 0 aromatic heterocycles. The minimum atomic E-state index is -1.42. The fourth-order valence-corrected chi connectivity index (χ4v) is 3.38. The van der Waals surface area contributed by atoms with Gasteiger partial charge in [-0.05, 0) is 30.5 Å². The van der Waals surface area contributed by atoms with Crippen molar-refractivity contribution in [3.8, 4) is 5.75 Å². The Morgan fingerprint density at radius 2 is 1.52 bits per heavy atom. The number of aryl methyl sites for hydroxylation is 1. The lowest BCUT2D eigenvalue weighted by molar-refractivity contribution is -0.280. The van der Waals surface area contributed by atoms with E-state index in [9.17, 15) is 15.3 Å². The molecule has 4 N–H and O–H groups in total. The molecule has 6 heteroatoms. The lowest BCUT2D eigenvalue weighted by Gasteiger charge is -2.39. The van der Waals surface area contributed by atoms with E-state index in [1.165, 1.54) is 44.1 Å². The van der Waals surface area contributed by atoms with Crippen LogP contribution in [0.5, 0.6) is 5.75 Å².